The second kappa shape index (κ2) is 7.30. The first-order chi connectivity index (χ1) is 16.1. The number of hydrogen-bond donors (Lipinski definition) is 1. The van der Waals surface area contributed by atoms with E-state index in [1.54, 1.807) is 29.2 Å². The highest BCUT2D eigenvalue weighted by molar-refractivity contribution is 6.05. The first kappa shape index (κ1) is 19.2. The predicted octanol–water partition coefficient (Wildman–Crippen LogP) is 1.64. The molecule has 1 fully saturated rings. The third-order valence-corrected chi connectivity index (χ3v) is 5.98. The first-order valence-electron chi connectivity index (χ1n) is 10.5. The lowest BCUT2D eigenvalue weighted by atomic mass is 10.0. The summed E-state index contributed by atoms with van der Waals surface area (Å²) in [6.45, 7) is 0.301. The van der Waals surface area contributed by atoms with Gasteiger partial charge < -0.3 is 4.90 Å². The maximum Gasteiger partial charge on any atom is 0.255 e. The molecule has 1 unspecified atom stereocenters. The van der Waals surface area contributed by atoms with Crippen molar-refractivity contribution in [1.29, 1.82) is 0 Å². The van der Waals surface area contributed by atoms with Crippen molar-refractivity contribution < 1.29 is 14.4 Å². The number of fused-ring (bicyclic) bond motifs is 2. The summed E-state index contributed by atoms with van der Waals surface area (Å²) in [5.74, 6) is -0.937. The monoisotopic (exact) mass is 439 g/mol. The molecule has 0 aliphatic carbocycles. The van der Waals surface area contributed by atoms with Gasteiger partial charge in [-0.25, -0.2) is 9.67 Å². The molecular weight excluding hydrogens is 422 g/mol. The van der Waals surface area contributed by atoms with Gasteiger partial charge in [0, 0.05) is 24.7 Å². The molecule has 1 N–H and O–H groups in total. The number of rotatable bonds is 3. The highest BCUT2D eigenvalue weighted by Crippen LogP contribution is 2.29. The van der Waals surface area contributed by atoms with E-state index >= 15 is 0 Å². The van der Waals surface area contributed by atoms with Gasteiger partial charge in [-0.05, 0) is 54.4 Å². The lowest BCUT2D eigenvalue weighted by Gasteiger charge is -2.29. The Hall–Kier alpha value is -4.47. The zero-order valence-corrected chi connectivity index (χ0v) is 17.3. The van der Waals surface area contributed by atoms with E-state index in [1.807, 2.05) is 30.3 Å². The van der Waals surface area contributed by atoms with Gasteiger partial charge in [-0.1, -0.05) is 5.21 Å². The quantitative estimate of drug-likeness (QED) is 0.481. The lowest BCUT2D eigenvalue weighted by Crippen LogP contribution is -2.52. The Balaban J connectivity index is 1.27. The molecule has 0 bridgehead atoms. The Labute approximate surface area is 187 Å². The molecule has 10 heteroatoms. The van der Waals surface area contributed by atoms with Gasteiger partial charge >= 0.3 is 0 Å². The maximum absolute atomic E-state index is 12.9. The van der Waals surface area contributed by atoms with Crippen LogP contribution < -0.4 is 5.32 Å². The van der Waals surface area contributed by atoms with Crippen LogP contribution in [0.15, 0.2) is 54.9 Å². The summed E-state index contributed by atoms with van der Waals surface area (Å²) in [5, 5.41) is 10.8. The van der Waals surface area contributed by atoms with Gasteiger partial charge in [0.2, 0.25) is 11.8 Å². The topological polar surface area (TPSA) is 123 Å². The van der Waals surface area contributed by atoms with E-state index in [0.717, 1.165) is 22.3 Å². The van der Waals surface area contributed by atoms with Gasteiger partial charge in [0.15, 0.2) is 0 Å². The second-order valence-electron chi connectivity index (χ2n) is 8.03. The minimum absolute atomic E-state index is 0.209. The molecule has 1 saturated heterocycles. The fourth-order valence-corrected chi connectivity index (χ4v) is 4.31. The molecule has 3 aromatic heterocycles. The van der Waals surface area contributed by atoms with Crippen LogP contribution in [0.4, 0.5) is 0 Å². The van der Waals surface area contributed by atoms with Crippen molar-refractivity contribution in [1.82, 2.24) is 35.2 Å². The van der Waals surface area contributed by atoms with Crippen molar-refractivity contribution in [3.8, 4) is 17.1 Å². The molecule has 0 radical (unpaired) electrons. The van der Waals surface area contributed by atoms with Gasteiger partial charge in [0.05, 0.1) is 28.6 Å². The van der Waals surface area contributed by atoms with E-state index in [2.05, 4.69) is 25.6 Å². The number of carbonyl (C=O) groups is 3. The smallest absolute Gasteiger partial charge is 0.255 e. The van der Waals surface area contributed by atoms with Crippen LogP contribution in [0, 0.1) is 0 Å². The van der Waals surface area contributed by atoms with Crippen LogP contribution in [0.1, 0.15) is 28.8 Å². The van der Waals surface area contributed by atoms with Crippen LogP contribution >= 0.6 is 0 Å². The zero-order chi connectivity index (χ0) is 22.5. The standard InChI is InChI=1S/C23H17N7O3/c31-21-8-7-20(22(32)26-21)29-11-13-10-14(3-4-15(13)23(29)33)30-12-19(27-28-30)18-6-5-16-17(25-18)2-1-9-24-16/h1-6,9-10,12,20H,7-8,11H2,(H,26,31,32). The van der Waals surface area contributed by atoms with Gasteiger partial charge in [-0.3, -0.25) is 24.7 Å². The van der Waals surface area contributed by atoms with E-state index in [4.69, 9.17) is 0 Å². The van der Waals surface area contributed by atoms with E-state index in [-0.39, 0.29) is 18.2 Å². The summed E-state index contributed by atoms with van der Waals surface area (Å²) < 4.78 is 1.63. The zero-order valence-electron chi connectivity index (χ0n) is 17.3. The van der Waals surface area contributed by atoms with Gasteiger partial charge in [-0.2, -0.15) is 0 Å². The summed E-state index contributed by atoms with van der Waals surface area (Å²) in [7, 11) is 0. The SMILES string of the molecule is O=C1CCC(N2Cc3cc(-n4cc(-c5ccc6ncccc6n5)nn4)ccc3C2=O)C(=O)N1. The fraction of sp³-hybridized carbons (Fsp3) is 0.174. The van der Waals surface area contributed by atoms with Gasteiger partial charge in [0.1, 0.15) is 11.7 Å². The van der Waals surface area contributed by atoms with Crippen LogP contribution in [0.3, 0.4) is 0 Å². The number of piperidine rings is 1. The number of carbonyl (C=O) groups excluding carboxylic acids is 3. The Morgan fingerprint density at radius 2 is 1.91 bits per heavy atom. The third kappa shape index (κ3) is 3.23. The number of hydrogen-bond acceptors (Lipinski definition) is 7. The molecule has 10 nitrogen and oxygen atoms in total. The summed E-state index contributed by atoms with van der Waals surface area (Å²) in [6.07, 6.45) is 4.06. The number of nitrogens with one attached hydrogen (secondary N) is 1. The molecule has 0 spiro atoms. The molecule has 3 amide bonds. The Morgan fingerprint density at radius 1 is 1.00 bits per heavy atom. The fourth-order valence-electron chi connectivity index (χ4n) is 4.31. The average Bonchev–Trinajstić information content (AvgIpc) is 3.44. The largest absolute Gasteiger partial charge is 0.322 e. The predicted molar refractivity (Wildman–Crippen MR) is 116 cm³/mol. The van der Waals surface area contributed by atoms with Crippen LogP contribution in [-0.4, -0.2) is 53.6 Å². The number of benzene rings is 1. The third-order valence-electron chi connectivity index (χ3n) is 5.98. The maximum atomic E-state index is 12.9. The summed E-state index contributed by atoms with van der Waals surface area (Å²) >= 11 is 0. The molecule has 2 aliphatic rings. The average molecular weight is 439 g/mol. The molecule has 162 valence electrons. The minimum Gasteiger partial charge on any atom is -0.322 e. The van der Waals surface area contributed by atoms with Crippen LogP contribution in [0.5, 0.6) is 0 Å². The Bertz CT molecular complexity index is 1460. The Kier molecular flexibility index (Phi) is 4.25. The van der Waals surface area contributed by atoms with Gasteiger partial charge in [0.25, 0.3) is 5.91 Å². The van der Waals surface area contributed by atoms with Crippen LogP contribution in [0.2, 0.25) is 0 Å². The summed E-state index contributed by atoms with van der Waals surface area (Å²) in [5.41, 5.74) is 4.96. The number of nitrogens with zero attached hydrogens (tertiary/aromatic N) is 6. The van der Waals surface area contributed by atoms with E-state index in [9.17, 15) is 14.4 Å². The molecule has 2 aliphatic heterocycles. The molecule has 1 atom stereocenters. The lowest BCUT2D eigenvalue weighted by molar-refractivity contribution is -0.136. The summed E-state index contributed by atoms with van der Waals surface area (Å²) in [6, 6.07) is 12.2. The van der Waals surface area contributed by atoms with Crippen LogP contribution in [-0.2, 0) is 16.1 Å². The number of imide groups is 1. The highest BCUT2D eigenvalue weighted by Gasteiger charge is 2.39. The van der Waals surface area contributed by atoms with E-state index in [0.29, 0.717) is 29.9 Å². The second-order valence-corrected chi connectivity index (χ2v) is 8.03. The van der Waals surface area contributed by atoms with Crippen molar-refractivity contribution in [2.45, 2.75) is 25.4 Å². The van der Waals surface area contributed by atoms with Crippen molar-refractivity contribution in [2.75, 3.05) is 0 Å². The summed E-state index contributed by atoms with van der Waals surface area (Å²) in [4.78, 5) is 47.0. The molecular formula is C23H17N7O3. The number of aromatic nitrogens is 5. The van der Waals surface area contributed by atoms with Gasteiger partial charge in [-0.15, -0.1) is 5.10 Å². The van der Waals surface area contributed by atoms with E-state index in [1.165, 1.54) is 4.90 Å². The molecule has 1 aromatic carbocycles. The molecule has 4 aromatic rings. The minimum atomic E-state index is -0.641. The van der Waals surface area contributed by atoms with Crippen molar-refractivity contribution in [2.24, 2.45) is 0 Å². The Morgan fingerprint density at radius 3 is 2.79 bits per heavy atom. The highest BCUT2D eigenvalue weighted by atomic mass is 16.2. The number of amides is 3. The molecule has 0 saturated carbocycles. The molecule has 5 heterocycles. The van der Waals surface area contributed by atoms with Crippen LogP contribution in [0.25, 0.3) is 28.1 Å². The normalized spacial score (nSPS) is 18.0. The molecule has 33 heavy (non-hydrogen) atoms. The van der Waals surface area contributed by atoms with Crippen molar-refractivity contribution in [3.05, 3.63) is 66.0 Å². The number of pyridine rings is 2. The van der Waals surface area contributed by atoms with Crippen molar-refractivity contribution >= 4 is 28.8 Å². The van der Waals surface area contributed by atoms with E-state index < -0.39 is 11.9 Å². The molecule has 6 rings (SSSR count). The van der Waals surface area contributed by atoms with Crippen molar-refractivity contribution in [3.63, 3.8) is 0 Å². The first-order valence-corrected chi connectivity index (χ1v) is 10.5.